The zero-order valence-corrected chi connectivity index (χ0v) is 13.6. The molecule has 118 valence electrons. The van der Waals surface area contributed by atoms with Crippen LogP contribution in [0.3, 0.4) is 0 Å². The summed E-state index contributed by atoms with van der Waals surface area (Å²) in [6, 6.07) is 3.13. The Morgan fingerprint density at radius 1 is 1.14 bits per heavy atom. The van der Waals surface area contributed by atoms with Gasteiger partial charge in [0.1, 0.15) is 17.8 Å². The second-order valence-electron chi connectivity index (χ2n) is 3.87. The first kappa shape index (κ1) is 17.4. The summed E-state index contributed by atoms with van der Waals surface area (Å²) in [5.74, 6) is 0.370. The highest BCUT2D eigenvalue weighted by Gasteiger charge is 2.14. The number of nitrogens with two attached hydrogens (primary N) is 1. The summed E-state index contributed by atoms with van der Waals surface area (Å²) in [5.41, 5.74) is 7.77. The Labute approximate surface area is 129 Å². The Bertz CT molecular complexity index is 770. The Morgan fingerprint density at radius 3 is 2.41 bits per heavy atom. The summed E-state index contributed by atoms with van der Waals surface area (Å²) < 4.78 is 1.63. The Morgan fingerprint density at radius 2 is 1.82 bits per heavy atom. The molecule has 3 rings (SSSR count). The van der Waals surface area contributed by atoms with Crippen molar-refractivity contribution in [2.24, 2.45) is 7.05 Å². The molecule has 3 aromatic rings. The third kappa shape index (κ3) is 3.30. The van der Waals surface area contributed by atoms with Gasteiger partial charge < -0.3 is 10.7 Å². The van der Waals surface area contributed by atoms with E-state index in [4.69, 9.17) is 5.73 Å². The number of H-pyrrole nitrogens is 1. The van der Waals surface area contributed by atoms with Gasteiger partial charge in [-0.1, -0.05) is 27.7 Å². The van der Waals surface area contributed by atoms with E-state index in [1.807, 2.05) is 27.7 Å². The summed E-state index contributed by atoms with van der Waals surface area (Å²) >= 11 is 0. The van der Waals surface area contributed by atoms with Crippen LogP contribution in [0.2, 0.25) is 0 Å². The lowest BCUT2D eigenvalue weighted by molar-refractivity contribution is 0.788. The van der Waals surface area contributed by atoms with Gasteiger partial charge in [-0.2, -0.15) is 5.10 Å². The molecule has 22 heavy (non-hydrogen) atoms. The lowest BCUT2D eigenvalue weighted by atomic mass is 10.1. The van der Waals surface area contributed by atoms with E-state index in [-0.39, 0.29) is 5.56 Å². The second-order valence-corrected chi connectivity index (χ2v) is 3.87. The number of aromatic nitrogens is 5. The molecule has 3 N–H and O–H groups in total. The molecule has 0 aliphatic heterocycles. The van der Waals surface area contributed by atoms with Gasteiger partial charge in [-0.3, -0.25) is 4.79 Å². The van der Waals surface area contributed by atoms with Gasteiger partial charge >= 0.3 is 0 Å². The fourth-order valence-corrected chi connectivity index (χ4v) is 1.87. The van der Waals surface area contributed by atoms with Crippen LogP contribution < -0.4 is 11.3 Å². The monoisotopic (exact) mass is 302 g/mol. The maximum absolute atomic E-state index is 11.1. The maximum Gasteiger partial charge on any atom is 0.247 e. The molecular weight excluding hydrogens is 280 g/mol. The predicted molar refractivity (Wildman–Crippen MR) is 89.5 cm³/mol. The van der Waals surface area contributed by atoms with Crippen LogP contribution in [0.1, 0.15) is 27.7 Å². The van der Waals surface area contributed by atoms with Crippen LogP contribution in [0.25, 0.3) is 22.3 Å². The SMILES string of the molecule is CC.CC.Cn1nc(-c2ccc(=O)[nH]c2)c2c(N)ncnc21. The number of hydrogen-bond donors (Lipinski definition) is 2. The molecule has 0 saturated heterocycles. The van der Waals surface area contributed by atoms with Gasteiger partial charge in [0.05, 0.1) is 5.39 Å². The van der Waals surface area contributed by atoms with Gasteiger partial charge in [0.25, 0.3) is 0 Å². The molecule has 0 aliphatic rings. The van der Waals surface area contributed by atoms with Crippen LogP contribution in [0, 0.1) is 0 Å². The van der Waals surface area contributed by atoms with Gasteiger partial charge in [-0.25, -0.2) is 14.6 Å². The van der Waals surface area contributed by atoms with Crippen molar-refractivity contribution in [1.29, 1.82) is 0 Å². The third-order valence-corrected chi connectivity index (χ3v) is 2.71. The van der Waals surface area contributed by atoms with E-state index < -0.39 is 0 Å². The summed E-state index contributed by atoms with van der Waals surface area (Å²) in [4.78, 5) is 21.8. The molecule has 0 atom stereocenters. The van der Waals surface area contributed by atoms with Gasteiger partial charge in [0, 0.05) is 24.9 Å². The van der Waals surface area contributed by atoms with Crippen LogP contribution in [0.4, 0.5) is 5.82 Å². The first-order chi connectivity index (χ1) is 10.7. The maximum atomic E-state index is 11.1. The number of pyridine rings is 1. The molecular formula is C15H22N6O. The molecule has 7 heteroatoms. The first-order valence-corrected chi connectivity index (χ1v) is 7.29. The van der Waals surface area contributed by atoms with Crippen molar-refractivity contribution in [2.75, 3.05) is 5.73 Å². The van der Waals surface area contributed by atoms with Crippen LogP contribution in [0.15, 0.2) is 29.5 Å². The largest absolute Gasteiger partial charge is 0.383 e. The number of anilines is 1. The number of nitrogen functional groups attached to an aromatic ring is 1. The summed E-state index contributed by atoms with van der Waals surface area (Å²) in [7, 11) is 1.78. The second kappa shape index (κ2) is 7.92. The van der Waals surface area contributed by atoms with Crippen molar-refractivity contribution in [3.8, 4) is 11.3 Å². The minimum atomic E-state index is -0.164. The fraction of sp³-hybridized carbons (Fsp3) is 0.333. The van der Waals surface area contributed by atoms with E-state index in [9.17, 15) is 4.79 Å². The fourth-order valence-electron chi connectivity index (χ4n) is 1.87. The van der Waals surface area contributed by atoms with E-state index >= 15 is 0 Å². The Hall–Kier alpha value is -2.70. The van der Waals surface area contributed by atoms with E-state index in [1.54, 1.807) is 24.0 Å². The lowest BCUT2D eigenvalue weighted by Crippen LogP contribution is -2.01. The molecule has 3 aromatic heterocycles. The Kier molecular flexibility index (Phi) is 6.25. The highest BCUT2D eigenvalue weighted by atomic mass is 16.1. The summed E-state index contributed by atoms with van der Waals surface area (Å²) in [5, 5.41) is 5.05. The standard InChI is InChI=1S/C11H10N6O.2C2H6/c1-17-11-8(10(12)14-5-15-11)9(16-17)6-2-3-7(18)13-4-6;2*1-2/h2-5H,1H3,(H,13,18)(H2,12,14,15);2*1-2H3. The van der Waals surface area contributed by atoms with Gasteiger partial charge in [-0.05, 0) is 6.07 Å². The topological polar surface area (TPSA) is 102 Å². The molecule has 0 amide bonds. The minimum absolute atomic E-state index is 0.164. The zero-order chi connectivity index (χ0) is 16.7. The quantitative estimate of drug-likeness (QED) is 0.718. The molecule has 0 saturated carbocycles. The number of fused-ring (bicyclic) bond motifs is 1. The number of hydrogen-bond acceptors (Lipinski definition) is 5. The van der Waals surface area contributed by atoms with Crippen molar-refractivity contribution < 1.29 is 0 Å². The van der Waals surface area contributed by atoms with E-state index in [1.165, 1.54) is 12.4 Å². The van der Waals surface area contributed by atoms with Crippen molar-refractivity contribution in [2.45, 2.75) is 27.7 Å². The lowest BCUT2D eigenvalue weighted by Gasteiger charge is -1.98. The molecule has 3 heterocycles. The highest BCUT2D eigenvalue weighted by Crippen LogP contribution is 2.28. The number of aromatic amines is 1. The third-order valence-electron chi connectivity index (χ3n) is 2.71. The molecule has 0 aromatic carbocycles. The molecule has 0 aliphatic carbocycles. The average molecular weight is 302 g/mol. The number of rotatable bonds is 1. The predicted octanol–water partition coefficient (Wildman–Crippen LogP) is 2.35. The van der Waals surface area contributed by atoms with Crippen molar-refractivity contribution in [3.63, 3.8) is 0 Å². The molecule has 0 spiro atoms. The molecule has 0 unspecified atom stereocenters. The minimum Gasteiger partial charge on any atom is -0.383 e. The van der Waals surface area contributed by atoms with Crippen LogP contribution in [-0.2, 0) is 7.05 Å². The van der Waals surface area contributed by atoms with Crippen molar-refractivity contribution >= 4 is 16.9 Å². The molecule has 7 nitrogen and oxygen atoms in total. The van der Waals surface area contributed by atoms with Gasteiger partial charge in [0.2, 0.25) is 5.56 Å². The van der Waals surface area contributed by atoms with Crippen molar-refractivity contribution in [1.82, 2.24) is 24.7 Å². The van der Waals surface area contributed by atoms with Gasteiger partial charge in [-0.15, -0.1) is 0 Å². The highest BCUT2D eigenvalue weighted by molar-refractivity contribution is 5.97. The molecule has 0 fully saturated rings. The van der Waals surface area contributed by atoms with Crippen molar-refractivity contribution in [3.05, 3.63) is 35.0 Å². The number of nitrogens with zero attached hydrogens (tertiary/aromatic N) is 4. The molecule has 0 radical (unpaired) electrons. The van der Waals surface area contributed by atoms with E-state index in [0.717, 1.165) is 5.56 Å². The normalized spacial score (nSPS) is 9.50. The first-order valence-electron chi connectivity index (χ1n) is 7.29. The van der Waals surface area contributed by atoms with Crippen LogP contribution in [0.5, 0.6) is 0 Å². The Balaban J connectivity index is 0.000000561. The van der Waals surface area contributed by atoms with Crippen LogP contribution in [-0.4, -0.2) is 24.7 Å². The average Bonchev–Trinajstić information content (AvgIpc) is 2.91. The zero-order valence-electron chi connectivity index (χ0n) is 13.6. The van der Waals surface area contributed by atoms with E-state index in [2.05, 4.69) is 20.1 Å². The van der Waals surface area contributed by atoms with Gasteiger partial charge in [0.15, 0.2) is 5.65 Å². The smallest absolute Gasteiger partial charge is 0.247 e. The van der Waals surface area contributed by atoms with E-state index in [0.29, 0.717) is 22.5 Å². The van der Waals surface area contributed by atoms with Crippen LogP contribution >= 0.6 is 0 Å². The summed E-state index contributed by atoms with van der Waals surface area (Å²) in [6.45, 7) is 8.00. The number of nitrogens with one attached hydrogen (secondary N) is 1. The molecule has 0 bridgehead atoms. The number of aryl methyl sites for hydroxylation is 1. The summed E-state index contributed by atoms with van der Waals surface area (Å²) in [6.07, 6.45) is 2.99.